The third-order valence-corrected chi connectivity index (χ3v) is 4.50. The van der Waals surface area contributed by atoms with Gasteiger partial charge in [-0.3, -0.25) is 0 Å². The van der Waals surface area contributed by atoms with Crippen LogP contribution in [0.3, 0.4) is 0 Å². The molecular formula is C19H16O2S. The minimum Gasteiger partial charge on any atom is -0.462 e. The standard InChI is InChI=1S/C19H16O2S/c1-2-21-19(20)18-16(14-9-5-3-6-10-14)13-17(22-18)15-11-7-4-8-12-15/h3-13H,2H2,1H3. The van der Waals surface area contributed by atoms with E-state index >= 15 is 0 Å². The Morgan fingerprint density at radius 2 is 1.55 bits per heavy atom. The highest BCUT2D eigenvalue weighted by molar-refractivity contribution is 7.17. The molecule has 3 rings (SSSR count). The summed E-state index contributed by atoms with van der Waals surface area (Å²) in [7, 11) is 0. The highest BCUT2D eigenvalue weighted by atomic mass is 32.1. The zero-order valence-corrected chi connectivity index (χ0v) is 13.1. The smallest absolute Gasteiger partial charge is 0.348 e. The van der Waals surface area contributed by atoms with Crippen molar-refractivity contribution in [3.05, 3.63) is 71.6 Å². The molecule has 110 valence electrons. The Kier molecular flexibility index (Phi) is 4.35. The van der Waals surface area contributed by atoms with Crippen molar-refractivity contribution in [3.8, 4) is 21.6 Å². The predicted octanol–water partition coefficient (Wildman–Crippen LogP) is 5.26. The van der Waals surface area contributed by atoms with Crippen LogP contribution >= 0.6 is 11.3 Å². The number of esters is 1. The van der Waals surface area contributed by atoms with Crippen LogP contribution in [-0.4, -0.2) is 12.6 Å². The van der Waals surface area contributed by atoms with Crippen LogP contribution in [0.25, 0.3) is 21.6 Å². The number of hydrogen-bond acceptors (Lipinski definition) is 3. The molecule has 0 aliphatic heterocycles. The lowest BCUT2D eigenvalue weighted by atomic mass is 10.0. The number of benzene rings is 2. The minimum absolute atomic E-state index is 0.256. The van der Waals surface area contributed by atoms with E-state index in [1.54, 1.807) is 0 Å². The van der Waals surface area contributed by atoms with Crippen molar-refractivity contribution in [3.63, 3.8) is 0 Å². The minimum atomic E-state index is -0.256. The van der Waals surface area contributed by atoms with Gasteiger partial charge in [0.25, 0.3) is 0 Å². The van der Waals surface area contributed by atoms with Crippen LogP contribution in [0.4, 0.5) is 0 Å². The monoisotopic (exact) mass is 308 g/mol. The number of thiophene rings is 1. The molecule has 0 spiro atoms. The summed E-state index contributed by atoms with van der Waals surface area (Å²) in [6.07, 6.45) is 0. The van der Waals surface area contributed by atoms with Gasteiger partial charge < -0.3 is 4.74 Å². The molecular weight excluding hydrogens is 292 g/mol. The van der Waals surface area contributed by atoms with Gasteiger partial charge in [-0.25, -0.2) is 4.79 Å². The summed E-state index contributed by atoms with van der Waals surface area (Å²) < 4.78 is 5.21. The molecule has 3 aromatic rings. The van der Waals surface area contributed by atoms with Crippen LogP contribution in [0.15, 0.2) is 66.7 Å². The van der Waals surface area contributed by atoms with E-state index in [0.29, 0.717) is 11.5 Å². The summed E-state index contributed by atoms with van der Waals surface area (Å²) in [6, 6.07) is 22.1. The molecule has 0 amide bonds. The van der Waals surface area contributed by atoms with E-state index < -0.39 is 0 Å². The summed E-state index contributed by atoms with van der Waals surface area (Å²) in [5, 5.41) is 0. The fourth-order valence-corrected chi connectivity index (χ4v) is 3.40. The number of hydrogen-bond donors (Lipinski definition) is 0. The molecule has 1 aromatic heterocycles. The molecule has 0 atom stereocenters. The topological polar surface area (TPSA) is 26.3 Å². The maximum absolute atomic E-state index is 12.3. The lowest BCUT2D eigenvalue weighted by Crippen LogP contribution is -2.03. The van der Waals surface area contributed by atoms with Gasteiger partial charge in [0.05, 0.1) is 6.61 Å². The Balaban J connectivity index is 2.11. The van der Waals surface area contributed by atoms with Crippen LogP contribution < -0.4 is 0 Å². The van der Waals surface area contributed by atoms with Gasteiger partial charge in [0.15, 0.2) is 0 Å². The Morgan fingerprint density at radius 1 is 0.955 bits per heavy atom. The fourth-order valence-electron chi connectivity index (χ4n) is 2.32. The molecule has 0 fully saturated rings. The average Bonchev–Trinajstić information content (AvgIpc) is 3.02. The van der Waals surface area contributed by atoms with E-state index in [-0.39, 0.29) is 5.97 Å². The van der Waals surface area contributed by atoms with Crippen molar-refractivity contribution in [2.75, 3.05) is 6.61 Å². The lowest BCUT2D eigenvalue weighted by molar-refractivity contribution is 0.0533. The Morgan fingerprint density at radius 3 is 2.14 bits per heavy atom. The predicted molar refractivity (Wildman–Crippen MR) is 91.1 cm³/mol. The van der Waals surface area contributed by atoms with E-state index in [9.17, 15) is 4.79 Å². The number of rotatable bonds is 4. The second kappa shape index (κ2) is 6.58. The Bertz CT molecular complexity index is 761. The first-order valence-corrected chi connectivity index (χ1v) is 8.03. The van der Waals surface area contributed by atoms with Crippen LogP contribution in [0.5, 0.6) is 0 Å². The quantitative estimate of drug-likeness (QED) is 0.615. The van der Waals surface area contributed by atoms with E-state index in [0.717, 1.165) is 21.6 Å². The summed E-state index contributed by atoms with van der Waals surface area (Å²) in [5.74, 6) is -0.256. The van der Waals surface area contributed by atoms with Gasteiger partial charge >= 0.3 is 5.97 Å². The zero-order valence-electron chi connectivity index (χ0n) is 12.3. The fraction of sp³-hybridized carbons (Fsp3) is 0.105. The molecule has 22 heavy (non-hydrogen) atoms. The Labute approximate surface area is 134 Å². The molecule has 0 aliphatic rings. The first-order valence-electron chi connectivity index (χ1n) is 7.21. The van der Waals surface area contributed by atoms with Gasteiger partial charge in [-0.15, -0.1) is 11.3 Å². The summed E-state index contributed by atoms with van der Waals surface area (Å²) in [6.45, 7) is 2.21. The van der Waals surface area contributed by atoms with E-state index in [2.05, 4.69) is 18.2 Å². The van der Waals surface area contributed by atoms with Crippen molar-refractivity contribution in [1.82, 2.24) is 0 Å². The molecule has 0 bridgehead atoms. The largest absolute Gasteiger partial charge is 0.462 e. The number of carbonyl (C=O) groups excluding carboxylic acids is 1. The van der Waals surface area contributed by atoms with Crippen LogP contribution in [0.1, 0.15) is 16.6 Å². The SMILES string of the molecule is CCOC(=O)c1sc(-c2ccccc2)cc1-c1ccccc1. The molecule has 0 unspecified atom stereocenters. The van der Waals surface area contributed by atoms with Crippen molar-refractivity contribution in [2.45, 2.75) is 6.92 Å². The van der Waals surface area contributed by atoms with Crippen LogP contribution in [0, 0.1) is 0 Å². The van der Waals surface area contributed by atoms with Crippen molar-refractivity contribution >= 4 is 17.3 Å². The first-order chi connectivity index (χ1) is 10.8. The molecule has 0 saturated heterocycles. The molecule has 1 heterocycles. The van der Waals surface area contributed by atoms with Gasteiger partial charge in [-0.2, -0.15) is 0 Å². The molecule has 0 N–H and O–H groups in total. The Hall–Kier alpha value is -2.39. The summed E-state index contributed by atoms with van der Waals surface area (Å²) in [5.41, 5.74) is 3.08. The van der Waals surface area contributed by atoms with Gasteiger partial charge in [-0.05, 0) is 24.1 Å². The second-order valence-corrected chi connectivity index (χ2v) is 5.86. The van der Waals surface area contributed by atoms with E-state index in [4.69, 9.17) is 4.74 Å². The normalized spacial score (nSPS) is 10.4. The average molecular weight is 308 g/mol. The number of ether oxygens (including phenoxy) is 1. The van der Waals surface area contributed by atoms with Crippen LogP contribution in [0.2, 0.25) is 0 Å². The molecule has 2 aromatic carbocycles. The van der Waals surface area contributed by atoms with Gasteiger partial charge in [-0.1, -0.05) is 60.7 Å². The molecule has 2 nitrogen and oxygen atoms in total. The second-order valence-electron chi connectivity index (χ2n) is 4.81. The molecule has 0 radical (unpaired) electrons. The molecule has 0 aliphatic carbocycles. The van der Waals surface area contributed by atoms with Crippen molar-refractivity contribution < 1.29 is 9.53 Å². The number of carbonyl (C=O) groups is 1. The summed E-state index contributed by atoms with van der Waals surface area (Å²) >= 11 is 1.48. The third kappa shape index (κ3) is 2.95. The highest BCUT2D eigenvalue weighted by Crippen LogP contribution is 2.37. The van der Waals surface area contributed by atoms with E-state index in [1.807, 2.05) is 55.5 Å². The van der Waals surface area contributed by atoms with Crippen molar-refractivity contribution in [2.24, 2.45) is 0 Å². The van der Waals surface area contributed by atoms with Gasteiger partial charge in [0, 0.05) is 10.4 Å². The molecule has 3 heteroatoms. The van der Waals surface area contributed by atoms with Crippen LogP contribution in [-0.2, 0) is 4.74 Å². The first kappa shape index (κ1) is 14.5. The van der Waals surface area contributed by atoms with E-state index in [1.165, 1.54) is 11.3 Å². The highest BCUT2D eigenvalue weighted by Gasteiger charge is 2.19. The zero-order chi connectivity index (χ0) is 15.4. The summed E-state index contributed by atoms with van der Waals surface area (Å²) in [4.78, 5) is 14.0. The van der Waals surface area contributed by atoms with Gasteiger partial charge in [0.1, 0.15) is 4.88 Å². The van der Waals surface area contributed by atoms with Crippen molar-refractivity contribution in [1.29, 1.82) is 0 Å². The maximum atomic E-state index is 12.3. The van der Waals surface area contributed by atoms with Gasteiger partial charge in [0.2, 0.25) is 0 Å². The third-order valence-electron chi connectivity index (χ3n) is 3.34. The molecule has 0 saturated carbocycles. The lowest BCUT2D eigenvalue weighted by Gasteiger charge is -2.03. The maximum Gasteiger partial charge on any atom is 0.348 e.